The van der Waals surface area contributed by atoms with Crippen molar-refractivity contribution in [1.29, 1.82) is 0 Å². The van der Waals surface area contributed by atoms with E-state index in [4.69, 9.17) is 14.7 Å². The summed E-state index contributed by atoms with van der Waals surface area (Å²) < 4.78 is 71.7. The Bertz CT molecular complexity index is 1610. The molecule has 0 spiro atoms. The molecular weight excluding hydrogens is 543 g/mol. The van der Waals surface area contributed by atoms with E-state index in [-0.39, 0.29) is 24.0 Å². The molecule has 0 aliphatic carbocycles. The zero-order chi connectivity index (χ0) is 28.5. The molecule has 12 heteroatoms. The predicted molar refractivity (Wildman–Crippen MR) is 146 cm³/mol. The SMILES string of the molecule is COc1ccccc1Nc1nc([C@H](C)N2CCN(S(=O)(=O)c3ccc(C(F)(F)F)cc3)CC2)nc2ccccc12. The number of hydrogen-bond donors (Lipinski definition) is 1. The zero-order valence-corrected chi connectivity index (χ0v) is 22.7. The molecule has 0 radical (unpaired) electrons. The van der Waals surface area contributed by atoms with E-state index in [1.807, 2.05) is 55.5 Å². The van der Waals surface area contributed by atoms with Gasteiger partial charge in [-0.15, -0.1) is 0 Å². The number of anilines is 2. The third-order valence-electron chi connectivity index (χ3n) is 6.99. The van der Waals surface area contributed by atoms with E-state index in [0.29, 0.717) is 30.5 Å². The van der Waals surface area contributed by atoms with Gasteiger partial charge in [0.2, 0.25) is 10.0 Å². The van der Waals surface area contributed by atoms with Gasteiger partial charge in [0.05, 0.1) is 34.8 Å². The fourth-order valence-electron chi connectivity index (χ4n) is 4.71. The highest BCUT2D eigenvalue weighted by Gasteiger charge is 2.33. The summed E-state index contributed by atoms with van der Waals surface area (Å²) >= 11 is 0. The van der Waals surface area contributed by atoms with Crippen LogP contribution in [0.2, 0.25) is 0 Å². The van der Waals surface area contributed by atoms with Crippen LogP contribution in [0.1, 0.15) is 24.4 Å². The summed E-state index contributed by atoms with van der Waals surface area (Å²) in [5.41, 5.74) is 0.634. The Morgan fingerprint density at radius 1 is 0.900 bits per heavy atom. The maximum absolute atomic E-state index is 13.1. The highest BCUT2D eigenvalue weighted by Crippen LogP contribution is 2.33. The summed E-state index contributed by atoms with van der Waals surface area (Å²) in [7, 11) is -2.33. The van der Waals surface area contributed by atoms with Crippen LogP contribution >= 0.6 is 0 Å². The van der Waals surface area contributed by atoms with Crippen LogP contribution in [0.15, 0.2) is 77.7 Å². The minimum Gasteiger partial charge on any atom is -0.495 e. The summed E-state index contributed by atoms with van der Waals surface area (Å²) in [4.78, 5) is 11.6. The molecule has 3 aromatic carbocycles. The van der Waals surface area contributed by atoms with E-state index < -0.39 is 21.8 Å². The summed E-state index contributed by atoms with van der Waals surface area (Å²) in [6.45, 7) is 3.16. The van der Waals surface area contributed by atoms with Crippen molar-refractivity contribution in [2.45, 2.75) is 24.0 Å². The van der Waals surface area contributed by atoms with Crippen molar-refractivity contribution >= 4 is 32.4 Å². The van der Waals surface area contributed by atoms with E-state index in [0.717, 1.165) is 40.9 Å². The number of hydrogen-bond acceptors (Lipinski definition) is 7. The van der Waals surface area contributed by atoms with Gasteiger partial charge < -0.3 is 10.1 Å². The molecule has 40 heavy (non-hydrogen) atoms. The van der Waals surface area contributed by atoms with Gasteiger partial charge >= 0.3 is 6.18 Å². The molecule has 1 fully saturated rings. The largest absolute Gasteiger partial charge is 0.495 e. The van der Waals surface area contributed by atoms with Crippen LogP contribution in [0.3, 0.4) is 0 Å². The standard InChI is InChI=1S/C28H28F3N5O3S/c1-19(35-15-17-36(18-16-35)40(37,38)21-13-11-20(12-14-21)28(29,30)31)26-32-23-8-4-3-7-22(23)27(34-26)33-24-9-5-6-10-25(24)39-2/h3-14,19H,15-18H2,1-2H3,(H,32,33,34)/t19-/m0/s1. The third-order valence-corrected chi connectivity index (χ3v) is 8.91. The summed E-state index contributed by atoms with van der Waals surface area (Å²) in [6.07, 6.45) is -4.53. The van der Waals surface area contributed by atoms with Crippen molar-refractivity contribution in [3.05, 3.63) is 84.2 Å². The molecule has 0 bridgehead atoms. The molecule has 4 aromatic rings. The highest BCUT2D eigenvalue weighted by molar-refractivity contribution is 7.89. The first-order valence-electron chi connectivity index (χ1n) is 12.7. The Morgan fingerprint density at radius 2 is 1.55 bits per heavy atom. The number of nitrogens with zero attached hydrogens (tertiary/aromatic N) is 4. The lowest BCUT2D eigenvalue weighted by Crippen LogP contribution is -2.49. The molecule has 0 saturated carbocycles. The Labute approximate surface area is 230 Å². The van der Waals surface area contributed by atoms with Crippen molar-refractivity contribution < 1.29 is 26.3 Å². The van der Waals surface area contributed by atoms with Crippen LogP contribution in [0, 0.1) is 0 Å². The van der Waals surface area contributed by atoms with Gasteiger partial charge in [0.25, 0.3) is 0 Å². The number of fused-ring (bicyclic) bond motifs is 1. The van der Waals surface area contributed by atoms with Crippen LogP contribution in [-0.4, -0.2) is 60.9 Å². The summed E-state index contributed by atoms with van der Waals surface area (Å²) in [5.74, 6) is 1.88. The van der Waals surface area contributed by atoms with Crippen LogP contribution in [0.5, 0.6) is 5.75 Å². The first-order chi connectivity index (χ1) is 19.1. The van der Waals surface area contributed by atoms with Gasteiger partial charge in [-0.2, -0.15) is 17.5 Å². The third kappa shape index (κ3) is 5.60. The molecule has 5 rings (SSSR count). The number of aromatic nitrogens is 2. The van der Waals surface area contributed by atoms with Crippen LogP contribution in [0.4, 0.5) is 24.7 Å². The Kier molecular flexibility index (Phi) is 7.67. The second kappa shape index (κ2) is 11.0. The molecule has 1 aromatic heterocycles. The van der Waals surface area contributed by atoms with Crippen LogP contribution in [-0.2, 0) is 16.2 Å². The second-order valence-electron chi connectivity index (χ2n) is 9.41. The van der Waals surface area contributed by atoms with Gasteiger partial charge in [-0.05, 0) is 55.5 Å². The summed E-state index contributed by atoms with van der Waals surface area (Å²) in [6, 6.07) is 18.6. The topological polar surface area (TPSA) is 87.7 Å². The van der Waals surface area contributed by atoms with Crippen molar-refractivity contribution in [1.82, 2.24) is 19.2 Å². The Morgan fingerprint density at radius 3 is 2.23 bits per heavy atom. The van der Waals surface area contributed by atoms with E-state index in [2.05, 4.69) is 10.2 Å². The molecule has 1 N–H and O–H groups in total. The number of rotatable bonds is 7. The number of alkyl halides is 3. The minimum absolute atomic E-state index is 0.160. The smallest absolute Gasteiger partial charge is 0.416 e. The Balaban J connectivity index is 1.34. The molecule has 1 saturated heterocycles. The maximum atomic E-state index is 13.1. The van der Waals surface area contributed by atoms with E-state index >= 15 is 0 Å². The fourth-order valence-corrected chi connectivity index (χ4v) is 6.13. The normalized spacial score (nSPS) is 16.1. The van der Waals surface area contributed by atoms with Crippen LogP contribution < -0.4 is 10.1 Å². The van der Waals surface area contributed by atoms with Gasteiger partial charge in [0.1, 0.15) is 17.4 Å². The minimum atomic E-state index is -4.53. The van der Waals surface area contributed by atoms with Crippen molar-refractivity contribution in [3.63, 3.8) is 0 Å². The van der Waals surface area contributed by atoms with Gasteiger partial charge in [-0.25, -0.2) is 18.4 Å². The van der Waals surface area contributed by atoms with E-state index in [9.17, 15) is 21.6 Å². The number of para-hydroxylation sites is 3. The van der Waals surface area contributed by atoms with Gasteiger partial charge in [0.15, 0.2) is 0 Å². The van der Waals surface area contributed by atoms with Crippen LogP contribution in [0.25, 0.3) is 10.9 Å². The highest BCUT2D eigenvalue weighted by atomic mass is 32.2. The molecule has 1 atom stereocenters. The van der Waals surface area contributed by atoms with E-state index in [1.165, 1.54) is 4.31 Å². The number of ether oxygens (including phenoxy) is 1. The zero-order valence-electron chi connectivity index (χ0n) is 21.9. The molecule has 0 amide bonds. The predicted octanol–water partition coefficient (Wildman–Crippen LogP) is 5.47. The lowest BCUT2D eigenvalue weighted by atomic mass is 10.2. The van der Waals surface area contributed by atoms with Crippen molar-refractivity contribution in [2.75, 3.05) is 38.6 Å². The van der Waals surface area contributed by atoms with E-state index in [1.54, 1.807) is 7.11 Å². The van der Waals surface area contributed by atoms with Crippen molar-refractivity contribution in [2.24, 2.45) is 0 Å². The number of piperazine rings is 1. The van der Waals surface area contributed by atoms with Gasteiger partial charge in [-0.1, -0.05) is 24.3 Å². The first-order valence-corrected chi connectivity index (χ1v) is 14.1. The molecule has 210 valence electrons. The monoisotopic (exact) mass is 571 g/mol. The molecule has 1 aliphatic heterocycles. The Hall–Kier alpha value is -3.74. The number of benzene rings is 3. The molecule has 8 nitrogen and oxygen atoms in total. The average Bonchev–Trinajstić information content (AvgIpc) is 2.96. The molecular formula is C28H28F3N5O3S. The van der Waals surface area contributed by atoms with Gasteiger partial charge in [-0.3, -0.25) is 4.90 Å². The first kappa shape index (κ1) is 27.8. The molecule has 1 aliphatic rings. The van der Waals surface area contributed by atoms with Gasteiger partial charge in [0, 0.05) is 31.6 Å². The quantitative estimate of drug-likeness (QED) is 0.315. The molecule has 0 unspecified atom stereocenters. The second-order valence-corrected chi connectivity index (χ2v) is 11.3. The molecule has 2 heterocycles. The fraction of sp³-hybridized carbons (Fsp3) is 0.286. The van der Waals surface area contributed by atoms with Crippen molar-refractivity contribution in [3.8, 4) is 5.75 Å². The summed E-state index contributed by atoms with van der Waals surface area (Å²) in [5, 5.41) is 4.21. The lowest BCUT2D eigenvalue weighted by molar-refractivity contribution is -0.137. The number of methoxy groups -OCH3 is 1. The average molecular weight is 572 g/mol. The maximum Gasteiger partial charge on any atom is 0.416 e. The lowest BCUT2D eigenvalue weighted by Gasteiger charge is -2.37. The number of halogens is 3. The number of nitrogens with one attached hydrogen (secondary N) is 1. The number of sulfonamides is 1.